The number of morpholine rings is 1. The van der Waals surface area contributed by atoms with Crippen molar-refractivity contribution in [3.8, 4) is 0 Å². The Balaban J connectivity index is 2.65. The largest absolute Gasteiger partial charge is 0.481 e. The minimum absolute atomic E-state index is 0.0393. The summed E-state index contributed by atoms with van der Waals surface area (Å²) >= 11 is 0. The Morgan fingerprint density at radius 2 is 2.05 bits per heavy atom. The first kappa shape index (κ1) is 15.7. The van der Waals surface area contributed by atoms with Crippen LogP contribution in [0.1, 0.15) is 34.1 Å². The second kappa shape index (κ2) is 6.19. The van der Waals surface area contributed by atoms with Gasteiger partial charge >= 0.3 is 5.97 Å². The number of hydrogen-bond donors (Lipinski definition) is 1. The van der Waals surface area contributed by atoms with E-state index in [2.05, 4.69) is 20.8 Å². The van der Waals surface area contributed by atoms with Crippen LogP contribution in [0.3, 0.4) is 0 Å². The Morgan fingerprint density at radius 3 is 2.58 bits per heavy atom. The van der Waals surface area contributed by atoms with Crippen molar-refractivity contribution in [2.24, 2.45) is 5.41 Å². The fraction of sp³-hybridized carbons (Fsp3) is 0.714. The fourth-order valence-corrected chi connectivity index (χ4v) is 1.73. The van der Waals surface area contributed by atoms with Crippen LogP contribution in [0.5, 0.6) is 0 Å². The molecule has 1 N–H and O–H groups in total. The molecule has 5 heteroatoms. The summed E-state index contributed by atoms with van der Waals surface area (Å²) in [5.74, 6) is -0.966. The molecule has 1 aliphatic heterocycles. The number of carbonyl (C=O) groups excluding carboxylic acids is 1. The summed E-state index contributed by atoms with van der Waals surface area (Å²) < 4.78 is 5.35. The zero-order valence-corrected chi connectivity index (χ0v) is 12.1. The molecular weight excluding hydrogens is 246 g/mol. The molecule has 5 nitrogen and oxygen atoms in total. The molecule has 0 spiro atoms. The quantitative estimate of drug-likeness (QED) is 0.792. The van der Waals surface area contributed by atoms with Gasteiger partial charge in [0.15, 0.2) is 0 Å². The number of carbonyl (C=O) groups is 2. The molecule has 19 heavy (non-hydrogen) atoms. The number of allylic oxidation sites excluding steroid dienone is 1. The molecule has 0 aliphatic carbocycles. The predicted octanol–water partition coefficient (Wildman–Crippen LogP) is 1.68. The number of ether oxygens (including phenoxy) is 1. The van der Waals surface area contributed by atoms with Crippen LogP contribution in [0.25, 0.3) is 0 Å². The smallest absolute Gasteiger partial charge is 0.306 e. The first-order chi connectivity index (χ1) is 8.70. The number of aliphatic carboxylic acids is 1. The average Bonchev–Trinajstić information content (AvgIpc) is 2.27. The van der Waals surface area contributed by atoms with Gasteiger partial charge in [-0.25, -0.2) is 0 Å². The number of carboxylic acid groups (broad SMARTS) is 1. The van der Waals surface area contributed by atoms with E-state index in [1.165, 1.54) is 0 Å². The Bertz CT molecular complexity index is 381. The monoisotopic (exact) mass is 269 g/mol. The van der Waals surface area contributed by atoms with Crippen molar-refractivity contribution in [1.82, 2.24) is 4.90 Å². The third kappa shape index (κ3) is 5.03. The van der Waals surface area contributed by atoms with Crippen LogP contribution < -0.4 is 0 Å². The topological polar surface area (TPSA) is 66.8 Å². The fourth-order valence-electron chi connectivity index (χ4n) is 1.73. The summed E-state index contributed by atoms with van der Waals surface area (Å²) in [5.41, 5.74) is 0.973. The normalized spacial score (nSPS) is 21.4. The Kier molecular flexibility index (Phi) is 5.11. The van der Waals surface area contributed by atoms with E-state index in [-0.39, 0.29) is 17.7 Å². The lowest BCUT2D eigenvalue weighted by Gasteiger charge is -2.32. The maximum atomic E-state index is 12.1. The zero-order chi connectivity index (χ0) is 14.6. The van der Waals surface area contributed by atoms with Gasteiger partial charge < -0.3 is 14.7 Å². The second-order valence-electron chi connectivity index (χ2n) is 5.95. The molecule has 0 aromatic rings. The lowest BCUT2D eigenvalue weighted by Crippen LogP contribution is -2.45. The van der Waals surface area contributed by atoms with Gasteiger partial charge in [0.25, 0.3) is 0 Å². The predicted molar refractivity (Wildman–Crippen MR) is 71.8 cm³/mol. The lowest BCUT2D eigenvalue weighted by molar-refractivity contribution is -0.145. The van der Waals surface area contributed by atoms with Gasteiger partial charge in [-0.05, 0) is 12.3 Å². The van der Waals surface area contributed by atoms with Crippen molar-refractivity contribution in [3.05, 3.63) is 11.6 Å². The van der Waals surface area contributed by atoms with Crippen molar-refractivity contribution >= 4 is 11.9 Å². The minimum atomic E-state index is -0.902. The van der Waals surface area contributed by atoms with Crippen molar-refractivity contribution in [2.45, 2.75) is 40.2 Å². The van der Waals surface area contributed by atoms with E-state index in [0.29, 0.717) is 19.7 Å². The standard InChI is InChI=1S/C14H23NO4/c1-10(14(2,3)4)7-12(16)15-5-6-19-11(9-15)8-13(17)18/h7,11H,5-6,8-9H2,1-4H3,(H,17,18)/b10-7-/t11-/m0/s1. The van der Waals surface area contributed by atoms with E-state index in [9.17, 15) is 9.59 Å². The molecule has 1 heterocycles. The van der Waals surface area contributed by atoms with Gasteiger partial charge in [-0.2, -0.15) is 0 Å². The SMILES string of the molecule is C/C(=C/C(=O)N1CCO[C@@H](CC(=O)O)C1)C(C)(C)C. The molecule has 1 rings (SSSR count). The summed E-state index contributed by atoms with van der Waals surface area (Å²) in [6, 6.07) is 0. The van der Waals surface area contributed by atoms with E-state index < -0.39 is 12.1 Å². The highest BCUT2D eigenvalue weighted by Crippen LogP contribution is 2.24. The van der Waals surface area contributed by atoms with E-state index in [1.807, 2.05) is 6.92 Å². The number of rotatable bonds is 3. The van der Waals surface area contributed by atoms with Crippen LogP contribution in [-0.4, -0.2) is 47.7 Å². The van der Waals surface area contributed by atoms with Gasteiger partial charge in [-0.15, -0.1) is 0 Å². The summed E-state index contributed by atoms with van der Waals surface area (Å²) in [4.78, 5) is 24.5. The molecule has 0 saturated carbocycles. The molecule has 108 valence electrons. The number of nitrogens with zero attached hydrogens (tertiary/aromatic N) is 1. The first-order valence-corrected chi connectivity index (χ1v) is 6.51. The molecule has 1 atom stereocenters. The van der Waals surface area contributed by atoms with Gasteiger partial charge in [0.1, 0.15) is 0 Å². The molecule has 1 fully saturated rings. The van der Waals surface area contributed by atoms with Gasteiger partial charge in [-0.3, -0.25) is 9.59 Å². The number of hydrogen-bond acceptors (Lipinski definition) is 3. The Morgan fingerprint density at radius 1 is 1.42 bits per heavy atom. The highest BCUT2D eigenvalue weighted by atomic mass is 16.5. The van der Waals surface area contributed by atoms with E-state index in [4.69, 9.17) is 9.84 Å². The molecule has 0 unspecified atom stereocenters. The van der Waals surface area contributed by atoms with E-state index >= 15 is 0 Å². The van der Waals surface area contributed by atoms with Gasteiger partial charge in [-0.1, -0.05) is 26.3 Å². The molecule has 1 amide bonds. The molecule has 0 aromatic heterocycles. The third-order valence-corrected chi connectivity index (χ3v) is 3.38. The molecule has 1 aliphatic rings. The Hall–Kier alpha value is -1.36. The van der Waals surface area contributed by atoms with Crippen molar-refractivity contribution in [1.29, 1.82) is 0 Å². The van der Waals surface area contributed by atoms with Crippen LogP contribution in [0.4, 0.5) is 0 Å². The number of carboxylic acids is 1. The van der Waals surface area contributed by atoms with Crippen LogP contribution in [0, 0.1) is 5.41 Å². The summed E-state index contributed by atoms with van der Waals surface area (Å²) in [6.07, 6.45) is 1.17. The maximum absolute atomic E-state index is 12.1. The summed E-state index contributed by atoms with van der Waals surface area (Å²) in [5, 5.41) is 8.75. The second-order valence-corrected chi connectivity index (χ2v) is 5.95. The average molecular weight is 269 g/mol. The number of amides is 1. The van der Waals surface area contributed by atoms with E-state index in [0.717, 1.165) is 5.57 Å². The summed E-state index contributed by atoms with van der Waals surface area (Å²) in [6.45, 7) is 9.36. The molecule has 0 bridgehead atoms. The van der Waals surface area contributed by atoms with Crippen molar-refractivity contribution < 1.29 is 19.4 Å². The van der Waals surface area contributed by atoms with Gasteiger partial charge in [0.2, 0.25) is 5.91 Å². The van der Waals surface area contributed by atoms with Crippen molar-refractivity contribution in [3.63, 3.8) is 0 Å². The zero-order valence-electron chi connectivity index (χ0n) is 12.1. The molecule has 0 aromatic carbocycles. The van der Waals surface area contributed by atoms with Crippen LogP contribution in [0.15, 0.2) is 11.6 Å². The molecular formula is C14H23NO4. The summed E-state index contributed by atoms with van der Waals surface area (Å²) in [7, 11) is 0. The molecule has 1 saturated heterocycles. The van der Waals surface area contributed by atoms with Crippen molar-refractivity contribution in [2.75, 3.05) is 19.7 Å². The molecule has 0 radical (unpaired) electrons. The van der Waals surface area contributed by atoms with E-state index in [1.54, 1.807) is 11.0 Å². The Labute approximate surface area is 114 Å². The maximum Gasteiger partial charge on any atom is 0.306 e. The van der Waals surface area contributed by atoms with Crippen LogP contribution >= 0.6 is 0 Å². The van der Waals surface area contributed by atoms with Gasteiger partial charge in [0, 0.05) is 19.2 Å². The lowest BCUT2D eigenvalue weighted by atomic mass is 9.87. The van der Waals surface area contributed by atoms with Crippen LogP contribution in [-0.2, 0) is 14.3 Å². The highest BCUT2D eigenvalue weighted by Gasteiger charge is 2.25. The first-order valence-electron chi connectivity index (χ1n) is 6.51. The minimum Gasteiger partial charge on any atom is -0.481 e. The highest BCUT2D eigenvalue weighted by molar-refractivity contribution is 5.88. The van der Waals surface area contributed by atoms with Crippen LogP contribution in [0.2, 0.25) is 0 Å². The third-order valence-electron chi connectivity index (χ3n) is 3.38. The van der Waals surface area contributed by atoms with Gasteiger partial charge in [0.05, 0.1) is 19.1 Å².